The number of halogens is 1. The Balaban J connectivity index is 1.84. The predicted octanol–water partition coefficient (Wildman–Crippen LogP) is 6.98. The Labute approximate surface area is 202 Å². The molecule has 172 valence electrons. The third kappa shape index (κ3) is 4.58. The smallest absolute Gasteiger partial charge is 0.337 e. The number of hydrogen-bond acceptors (Lipinski definition) is 4. The van der Waals surface area contributed by atoms with Crippen molar-refractivity contribution >= 4 is 27.6 Å². The summed E-state index contributed by atoms with van der Waals surface area (Å²) in [5.41, 5.74) is 5.33. The predicted molar refractivity (Wildman–Crippen MR) is 134 cm³/mol. The molecule has 0 spiro atoms. The van der Waals surface area contributed by atoms with Gasteiger partial charge in [0.05, 0.1) is 31.5 Å². The van der Waals surface area contributed by atoms with Gasteiger partial charge in [0.25, 0.3) is 0 Å². The summed E-state index contributed by atoms with van der Waals surface area (Å²) in [4.78, 5) is 12.1. The second-order valence-electron chi connectivity index (χ2n) is 8.64. The molecule has 0 fully saturated rings. The summed E-state index contributed by atoms with van der Waals surface area (Å²) in [5, 5.41) is 13.5. The average molecular weight is 510 g/mol. The maximum absolute atomic E-state index is 12.1. The Hall–Kier alpha value is -2.99. The SMILES string of the molecule is COc1ccc([C@@H]2C[C@@H](c3ccc(C(C)C)cc3)Nc3c(C(=O)O)cc(Br)cc32)cc1OC. The fourth-order valence-corrected chi connectivity index (χ4v) is 5.02. The number of benzene rings is 3. The Morgan fingerprint density at radius 1 is 1.00 bits per heavy atom. The Bertz CT molecular complexity index is 1170. The number of ether oxygens (including phenoxy) is 2. The highest BCUT2D eigenvalue weighted by molar-refractivity contribution is 9.10. The van der Waals surface area contributed by atoms with Gasteiger partial charge in [0, 0.05) is 10.4 Å². The van der Waals surface area contributed by atoms with Crippen molar-refractivity contribution in [3.63, 3.8) is 0 Å². The van der Waals surface area contributed by atoms with E-state index in [2.05, 4.69) is 59.4 Å². The quantitative estimate of drug-likeness (QED) is 0.375. The molecule has 3 aromatic carbocycles. The van der Waals surface area contributed by atoms with Crippen LogP contribution in [0, 0.1) is 0 Å². The number of rotatable bonds is 6. The monoisotopic (exact) mass is 509 g/mol. The van der Waals surface area contributed by atoms with Crippen molar-refractivity contribution < 1.29 is 19.4 Å². The number of carbonyl (C=O) groups is 1. The molecule has 2 atom stereocenters. The molecular weight excluding hydrogens is 482 g/mol. The number of carboxylic acids is 1. The summed E-state index contributed by atoms with van der Waals surface area (Å²) in [6.07, 6.45) is 0.777. The Morgan fingerprint density at radius 2 is 1.67 bits per heavy atom. The summed E-state index contributed by atoms with van der Waals surface area (Å²) in [6, 6.07) is 18.1. The van der Waals surface area contributed by atoms with Gasteiger partial charge in [-0.3, -0.25) is 0 Å². The normalized spacial score (nSPS) is 17.3. The maximum atomic E-state index is 12.1. The molecule has 0 aliphatic carbocycles. The first-order chi connectivity index (χ1) is 15.8. The van der Waals surface area contributed by atoms with E-state index in [9.17, 15) is 9.90 Å². The zero-order valence-corrected chi connectivity index (χ0v) is 20.8. The van der Waals surface area contributed by atoms with E-state index >= 15 is 0 Å². The molecule has 3 aromatic rings. The molecule has 1 aliphatic heterocycles. The van der Waals surface area contributed by atoms with Crippen molar-refractivity contribution in [2.75, 3.05) is 19.5 Å². The van der Waals surface area contributed by atoms with E-state index in [0.717, 1.165) is 27.6 Å². The van der Waals surface area contributed by atoms with E-state index in [0.29, 0.717) is 23.1 Å². The van der Waals surface area contributed by atoms with Crippen molar-refractivity contribution in [3.05, 3.63) is 86.9 Å². The summed E-state index contributed by atoms with van der Waals surface area (Å²) in [5.74, 6) is 0.793. The molecule has 5 nitrogen and oxygen atoms in total. The van der Waals surface area contributed by atoms with E-state index in [1.807, 2.05) is 24.3 Å². The number of carboxylic acid groups (broad SMARTS) is 1. The molecule has 1 aliphatic rings. The average Bonchev–Trinajstić information content (AvgIpc) is 2.82. The minimum atomic E-state index is -0.957. The summed E-state index contributed by atoms with van der Waals surface area (Å²) >= 11 is 3.51. The van der Waals surface area contributed by atoms with Gasteiger partial charge in [-0.15, -0.1) is 0 Å². The highest BCUT2D eigenvalue weighted by Crippen LogP contribution is 2.47. The third-order valence-electron chi connectivity index (χ3n) is 6.34. The van der Waals surface area contributed by atoms with Crippen LogP contribution in [-0.4, -0.2) is 25.3 Å². The lowest BCUT2D eigenvalue weighted by molar-refractivity contribution is 0.0697. The van der Waals surface area contributed by atoms with Gasteiger partial charge < -0.3 is 19.9 Å². The molecule has 0 bridgehead atoms. The van der Waals surface area contributed by atoms with Gasteiger partial charge >= 0.3 is 5.97 Å². The van der Waals surface area contributed by atoms with E-state index < -0.39 is 5.97 Å². The van der Waals surface area contributed by atoms with Crippen LogP contribution in [0.2, 0.25) is 0 Å². The van der Waals surface area contributed by atoms with Gasteiger partial charge in [0.15, 0.2) is 11.5 Å². The number of methoxy groups -OCH3 is 2. The van der Waals surface area contributed by atoms with Crippen LogP contribution in [0.15, 0.2) is 59.1 Å². The van der Waals surface area contributed by atoms with Crippen molar-refractivity contribution in [3.8, 4) is 11.5 Å². The first kappa shape index (κ1) is 23.2. The maximum Gasteiger partial charge on any atom is 0.337 e. The molecule has 2 N–H and O–H groups in total. The van der Waals surface area contributed by atoms with Gasteiger partial charge in [-0.25, -0.2) is 4.79 Å². The first-order valence-corrected chi connectivity index (χ1v) is 11.8. The Morgan fingerprint density at radius 3 is 2.27 bits per heavy atom. The molecule has 0 aromatic heterocycles. The van der Waals surface area contributed by atoms with Gasteiger partial charge in [-0.1, -0.05) is 60.1 Å². The van der Waals surface area contributed by atoms with Crippen molar-refractivity contribution in [1.29, 1.82) is 0 Å². The van der Waals surface area contributed by atoms with Crippen molar-refractivity contribution in [2.24, 2.45) is 0 Å². The molecule has 6 heteroatoms. The van der Waals surface area contributed by atoms with Crippen LogP contribution in [0.5, 0.6) is 11.5 Å². The summed E-state index contributed by atoms with van der Waals surface area (Å²) in [7, 11) is 3.24. The summed E-state index contributed by atoms with van der Waals surface area (Å²) in [6.45, 7) is 4.35. The van der Waals surface area contributed by atoms with Crippen LogP contribution in [0.3, 0.4) is 0 Å². The van der Waals surface area contributed by atoms with Crippen molar-refractivity contribution in [1.82, 2.24) is 0 Å². The molecule has 0 amide bonds. The Kier molecular flexibility index (Phi) is 6.66. The fourth-order valence-electron chi connectivity index (χ4n) is 4.55. The minimum absolute atomic E-state index is 0.0218. The molecule has 33 heavy (non-hydrogen) atoms. The van der Waals surface area contributed by atoms with Gasteiger partial charge in [-0.2, -0.15) is 0 Å². The van der Waals surface area contributed by atoms with E-state index in [4.69, 9.17) is 9.47 Å². The number of aromatic carboxylic acids is 1. The van der Waals surface area contributed by atoms with Gasteiger partial charge in [0.2, 0.25) is 0 Å². The molecule has 0 saturated heterocycles. The lowest BCUT2D eigenvalue weighted by Crippen LogP contribution is -2.24. The highest BCUT2D eigenvalue weighted by atomic mass is 79.9. The molecular formula is C27H28BrNO4. The van der Waals surface area contributed by atoms with Crippen LogP contribution in [0.4, 0.5) is 5.69 Å². The van der Waals surface area contributed by atoms with E-state index in [-0.39, 0.29) is 17.5 Å². The van der Waals surface area contributed by atoms with Crippen LogP contribution < -0.4 is 14.8 Å². The second kappa shape index (κ2) is 9.48. The van der Waals surface area contributed by atoms with Crippen LogP contribution in [0.1, 0.15) is 70.8 Å². The minimum Gasteiger partial charge on any atom is -0.493 e. The lowest BCUT2D eigenvalue weighted by atomic mass is 9.79. The van der Waals surface area contributed by atoms with E-state index in [1.165, 1.54) is 5.56 Å². The van der Waals surface area contributed by atoms with Gasteiger partial charge in [-0.05, 0) is 58.9 Å². The highest BCUT2D eigenvalue weighted by Gasteiger charge is 2.32. The molecule has 0 unspecified atom stereocenters. The van der Waals surface area contributed by atoms with Gasteiger partial charge in [0.1, 0.15) is 0 Å². The third-order valence-corrected chi connectivity index (χ3v) is 6.80. The number of nitrogens with one attached hydrogen (secondary N) is 1. The van der Waals surface area contributed by atoms with Crippen LogP contribution >= 0.6 is 15.9 Å². The standard InChI is InChI=1S/C27H28BrNO4/c1-15(2)16-5-7-17(8-6-16)23-14-20(18-9-10-24(32-3)25(11-18)33-4)21-12-19(28)13-22(27(30)31)26(21)29-23/h5-13,15,20,23,29H,14H2,1-4H3,(H,30,31)/t20-,23-/m0/s1. The zero-order chi connectivity index (χ0) is 23.7. The fraction of sp³-hybridized carbons (Fsp3) is 0.296. The first-order valence-electron chi connectivity index (χ1n) is 11.0. The second-order valence-corrected chi connectivity index (χ2v) is 9.56. The number of anilines is 1. The van der Waals surface area contributed by atoms with E-state index in [1.54, 1.807) is 20.3 Å². The lowest BCUT2D eigenvalue weighted by Gasteiger charge is -2.35. The molecule has 1 heterocycles. The molecule has 0 radical (unpaired) electrons. The topological polar surface area (TPSA) is 67.8 Å². The summed E-state index contributed by atoms with van der Waals surface area (Å²) < 4.78 is 11.7. The van der Waals surface area contributed by atoms with Crippen LogP contribution in [0.25, 0.3) is 0 Å². The van der Waals surface area contributed by atoms with Crippen LogP contribution in [-0.2, 0) is 0 Å². The number of fused-ring (bicyclic) bond motifs is 1. The molecule has 4 rings (SSSR count). The largest absolute Gasteiger partial charge is 0.493 e. The molecule has 0 saturated carbocycles. The van der Waals surface area contributed by atoms with Crippen molar-refractivity contribution in [2.45, 2.75) is 38.1 Å². The number of hydrogen-bond donors (Lipinski definition) is 2. The zero-order valence-electron chi connectivity index (χ0n) is 19.2.